The number of alkyl carbamates (subject to hydrolysis) is 1. The molecule has 0 aromatic heterocycles. The van der Waals surface area contributed by atoms with Gasteiger partial charge in [-0.2, -0.15) is 0 Å². The molecule has 1 heterocycles. The van der Waals surface area contributed by atoms with Crippen molar-refractivity contribution in [2.45, 2.75) is 37.6 Å². The number of hydrogen-bond donors (Lipinski definition) is 2. The van der Waals surface area contributed by atoms with E-state index in [4.69, 9.17) is 4.74 Å². The molecule has 166 valence electrons. The Kier molecular flexibility index (Phi) is 5.12. The summed E-state index contributed by atoms with van der Waals surface area (Å²) in [6.07, 6.45) is 1.92. The normalized spacial score (nSPS) is 20.4. The second-order valence-electron chi connectivity index (χ2n) is 8.95. The lowest BCUT2D eigenvalue weighted by Gasteiger charge is -2.26. The van der Waals surface area contributed by atoms with E-state index in [0.29, 0.717) is 32.2 Å². The van der Waals surface area contributed by atoms with Crippen LogP contribution >= 0.6 is 0 Å². The number of benzene rings is 2. The molecule has 7 heteroatoms. The Morgan fingerprint density at radius 3 is 2.25 bits per heavy atom. The summed E-state index contributed by atoms with van der Waals surface area (Å²) in [5, 5.41) is 12.1. The second-order valence-corrected chi connectivity index (χ2v) is 8.95. The second kappa shape index (κ2) is 7.97. The third-order valence-electron chi connectivity index (χ3n) is 7.02. The van der Waals surface area contributed by atoms with Crippen LogP contribution in [-0.4, -0.2) is 53.7 Å². The fourth-order valence-corrected chi connectivity index (χ4v) is 5.08. The van der Waals surface area contributed by atoms with Gasteiger partial charge in [-0.3, -0.25) is 4.79 Å². The van der Waals surface area contributed by atoms with Crippen LogP contribution in [0.15, 0.2) is 48.5 Å². The molecule has 1 saturated carbocycles. The van der Waals surface area contributed by atoms with Crippen molar-refractivity contribution in [2.24, 2.45) is 5.41 Å². The molecule has 0 spiro atoms. The lowest BCUT2D eigenvalue weighted by atomic mass is 9.98. The van der Waals surface area contributed by atoms with Gasteiger partial charge in [0, 0.05) is 19.0 Å². The molecular formula is C25H26N2O5. The molecule has 3 aliphatic rings. The summed E-state index contributed by atoms with van der Waals surface area (Å²) in [5.74, 6) is -1.15. The van der Waals surface area contributed by atoms with Crippen LogP contribution in [0.3, 0.4) is 0 Å². The molecule has 2 aromatic rings. The highest BCUT2D eigenvalue weighted by Crippen LogP contribution is 2.48. The zero-order valence-corrected chi connectivity index (χ0v) is 17.8. The third-order valence-corrected chi connectivity index (χ3v) is 7.02. The van der Waals surface area contributed by atoms with Crippen LogP contribution in [0.2, 0.25) is 0 Å². The van der Waals surface area contributed by atoms with E-state index < -0.39 is 23.5 Å². The predicted octanol–water partition coefficient (Wildman–Crippen LogP) is 3.38. The minimum absolute atomic E-state index is 0.0226. The van der Waals surface area contributed by atoms with E-state index in [1.807, 2.05) is 24.3 Å². The fraction of sp³-hybridized carbons (Fsp3) is 0.400. The van der Waals surface area contributed by atoms with Crippen molar-refractivity contribution in [3.63, 3.8) is 0 Å². The van der Waals surface area contributed by atoms with Crippen molar-refractivity contribution in [3.8, 4) is 11.1 Å². The van der Waals surface area contributed by atoms with Gasteiger partial charge in [-0.25, -0.2) is 9.59 Å². The van der Waals surface area contributed by atoms with E-state index in [2.05, 4.69) is 29.6 Å². The zero-order valence-electron chi connectivity index (χ0n) is 17.8. The largest absolute Gasteiger partial charge is 0.480 e. The molecule has 0 unspecified atom stereocenters. The summed E-state index contributed by atoms with van der Waals surface area (Å²) < 4.78 is 5.56. The first-order valence-electron chi connectivity index (χ1n) is 11.1. The van der Waals surface area contributed by atoms with Crippen LogP contribution < -0.4 is 5.32 Å². The number of carbonyl (C=O) groups is 3. The maximum atomic E-state index is 13.0. The fourth-order valence-electron chi connectivity index (χ4n) is 5.08. The summed E-state index contributed by atoms with van der Waals surface area (Å²) in [5.41, 5.74) is 3.92. The average molecular weight is 434 g/mol. The summed E-state index contributed by atoms with van der Waals surface area (Å²) in [7, 11) is 0. The highest BCUT2D eigenvalue weighted by Gasteiger charge is 2.54. The number of amides is 2. The third kappa shape index (κ3) is 3.51. The SMILES string of the molecule is O=C(NCC1(C(=O)N2CCC[C@@H]2C(=O)O)CC1)OCC1c2ccccc2-c2ccccc21. The maximum Gasteiger partial charge on any atom is 0.407 e. The molecule has 2 aliphatic carbocycles. The monoisotopic (exact) mass is 434 g/mol. The number of fused-ring (bicyclic) bond motifs is 3. The molecule has 7 nitrogen and oxygen atoms in total. The van der Waals surface area contributed by atoms with Crippen molar-refractivity contribution in [3.05, 3.63) is 59.7 Å². The molecule has 0 bridgehead atoms. The number of carboxylic acid groups (broad SMARTS) is 1. The molecule has 1 atom stereocenters. The molecule has 32 heavy (non-hydrogen) atoms. The number of likely N-dealkylation sites (tertiary alicyclic amines) is 1. The van der Waals surface area contributed by atoms with Gasteiger partial charge in [0.25, 0.3) is 0 Å². The van der Waals surface area contributed by atoms with Gasteiger partial charge in [0.15, 0.2) is 0 Å². The van der Waals surface area contributed by atoms with Gasteiger partial charge in [-0.05, 0) is 47.9 Å². The Balaban J connectivity index is 1.20. The number of nitrogens with zero attached hydrogens (tertiary/aromatic N) is 1. The summed E-state index contributed by atoms with van der Waals surface area (Å²) in [6.45, 7) is 0.849. The highest BCUT2D eigenvalue weighted by atomic mass is 16.5. The van der Waals surface area contributed by atoms with E-state index in [1.165, 1.54) is 16.0 Å². The molecule has 1 saturated heterocycles. The molecule has 2 fully saturated rings. The number of hydrogen-bond acceptors (Lipinski definition) is 4. The van der Waals surface area contributed by atoms with Crippen molar-refractivity contribution in [1.82, 2.24) is 10.2 Å². The number of nitrogens with one attached hydrogen (secondary N) is 1. The van der Waals surface area contributed by atoms with E-state index in [-0.39, 0.29) is 25.0 Å². The quantitative estimate of drug-likeness (QED) is 0.727. The van der Waals surface area contributed by atoms with E-state index >= 15 is 0 Å². The first kappa shape index (κ1) is 20.5. The molecule has 2 aromatic carbocycles. The lowest BCUT2D eigenvalue weighted by molar-refractivity contribution is -0.150. The summed E-state index contributed by atoms with van der Waals surface area (Å²) in [4.78, 5) is 38.3. The number of aliphatic carboxylic acids is 1. The Hall–Kier alpha value is -3.35. The van der Waals surface area contributed by atoms with Gasteiger partial charge in [0.2, 0.25) is 5.91 Å². The first-order valence-corrected chi connectivity index (χ1v) is 11.1. The van der Waals surface area contributed by atoms with E-state index in [0.717, 1.165) is 11.1 Å². The van der Waals surface area contributed by atoms with Gasteiger partial charge in [-0.15, -0.1) is 0 Å². The van der Waals surface area contributed by atoms with Crippen molar-refractivity contribution >= 4 is 18.0 Å². The van der Waals surface area contributed by atoms with Gasteiger partial charge >= 0.3 is 12.1 Å². The van der Waals surface area contributed by atoms with Gasteiger partial charge in [0.1, 0.15) is 12.6 Å². The molecule has 1 aliphatic heterocycles. The van der Waals surface area contributed by atoms with Crippen LogP contribution in [0, 0.1) is 5.41 Å². The van der Waals surface area contributed by atoms with Crippen LogP contribution in [0.5, 0.6) is 0 Å². The zero-order chi connectivity index (χ0) is 22.3. The van der Waals surface area contributed by atoms with Crippen molar-refractivity contribution < 1.29 is 24.2 Å². The van der Waals surface area contributed by atoms with Crippen molar-refractivity contribution in [2.75, 3.05) is 19.7 Å². The highest BCUT2D eigenvalue weighted by molar-refractivity contribution is 5.90. The molecule has 2 amide bonds. The molecular weight excluding hydrogens is 408 g/mol. The smallest absolute Gasteiger partial charge is 0.407 e. The lowest BCUT2D eigenvalue weighted by Crippen LogP contribution is -2.47. The summed E-state index contributed by atoms with van der Waals surface area (Å²) in [6, 6.07) is 15.5. The van der Waals surface area contributed by atoms with Crippen molar-refractivity contribution in [1.29, 1.82) is 0 Å². The Labute approximate surface area is 186 Å². The topological polar surface area (TPSA) is 95.9 Å². The van der Waals surface area contributed by atoms with Gasteiger partial charge in [0.05, 0.1) is 5.41 Å². The standard InChI is InChI=1S/C25H26N2O5/c28-22(29)21-10-5-13-27(21)23(30)25(11-12-25)15-26-24(31)32-14-20-18-8-3-1-6-16(18)17-7-2-4-9-19(17)20/h1-4,6-9,20-21H,5,10-15H2,(H,26,31)(H,28,29)/t21-/m1/s1. The molecule has 5 rings (SSSR count). The first-order chi connectivity index (χ1) is 15.5. The molecule has 0 radical (unpaired) electrons. The average Bonchev–Trinajstić information content (AvgIpc) is 3.31. The number of carboxylic acids is 1. The number of ether oxygens (including phenoxy) is 1. The summed E-state index contributed by atoms with van der Waals surface area (Å²) >= 11 is 0. The van der Waals surface area contributed by atoms with Crippen LogP contribution in [0.1, 0.15) is 42.7 Å². The Morgan fingerprint density at radius 1 is 1.03 bits per heavy atom. The van der Waals surface area contributed by atoms with Crippen LogP contribution in [-0.2, 0) is 14.3 Å². The molecule has 2 N–H and O–H groups in total. The van der Waals surface area contributed by atoms with E-state index in [9.17, 15) is 19.5 Å². The maximum absolute atomic E-state index is 13.0. The van der Waals surface area contributed by atoms with Crippen LogP contribution in [0.4, 0.5) is 4.79 Å². The Morgan fingerprint density at radius 2 is 1.66 bits per heavy atom. The number of rotatable bonds is 6. The minimum atomic E-state index is -0.962. The van der Waals surface area contributed by atoms with E-state index in [1.54, 1.807) is 0 Å². The van der Waals surface area contributed by atoms with Gasteiger partial charge < -0.3 is 20.1 Å². The minimum Gasteiger partial charge on any atom is -0.480 e. The van der Waals surface area contributed by atoms with Crippen LogP contribution in [0.25, 0.3) is 11.1 Å². The van der Waals surface area contributed by atoms with Gasteiger partial charge in [-0.1, -0.05) is 48.5 Å². The number of carbonyl (C=O) groups excluding carboxylic acids is 2. The predicted molar refractivity (Wildman–Crippen MR) is 117 cm³/mol. The Bertz CT molecular complexity index is 1030.